The van der Waals surface area contributed by atoms with Gasteiger partial charge < -0.3 is 35.6 Å². The van der Waals surface area contributed by atoms with Crippen LogP contribution in [0.15, 0.2) is 61.1 Å². The molecule has 0 aliphatic carbocycles. The van der Waals surface area contributed by atoms with Crippen molar-refractivity contribution < 1.29 is 23.9 Å². The molecule has 0 radical (unpaired) electrons. The molecule has 13 nitrogen and oxygen atoms in total. The molecule has 0 saturated carbocycles. The number of amides is 3. The lowest BCUT2D eigenvalue weighted by atomic mass is 9.85. The number of rotatable bonds is 12. The van der Waals surface area contributed by atoms with Crippen molar-refractivity contribution in [3.05, 3.63) is 71.8 Å². The lowest BCUT2D eigenvalue weighted by Gasteiger charge is -2.36. The van der Waals surface area contributed by atoms with Crippen LogP contribution in [-0.2, 0) is 21.0 Å². The molecule has 3 unspecified atom stereocenters. The van der Waals surface area contributed by atoms with Gasteiger partial charge in [-0.05, 0) is 68.6 Å². The molecule has 5 rings (SSSR count). The van der Waals surface area contributed by atoms with Crippen LogP contribution in [0.5, 0.6) is 11.5 Å². The number of methoxy groups -OCH3 is 1. The van der Waals surface area contributed by atoms with Gasteiger partial charge in [-0.1, -0.05) is 38.4 Å². The number of ether oxygens (including phenoxy) is 2. The number of hydrogen-bond acceptors (Lipinski definition) is 10. The smallest absolute Gasteiger partial charge is 0.247 e. The Morgan fingerprint density at radius 3 is 2.54 bits per heavy atom. The molecule has 1 saturated heterocycles. The van der Waals surface area contributed by atoms with Crippen molar-refractivity contribution in [3.63, 3.8) is 0 Å². The highest BCUT2D eigenvalue weighted by atomic mass is 35.5. The van der Waals surface area contributed by atoms with E-state index in [1.165, 1.54) is 13.4 Å². The first-order chi connectivity index (χ1) is 23.9. The minimum absolute atomic E-state index is 0.274. The molecule has 14 heteroatoms. The number of pyridine rings is 1. The van der Waals surface area contributed by atoms with Crippen LogP contribution < -0.4 is 30.7 Å². The summed E-state index contributed by atoms with van der Waals surface area (Å²) in [6.45, 7) is 8.06. The minimum atomic E-state index is -0.824. The molecular formula is C36H43ClN8O5. The second kappa shape index (κ2) is 15.7. The summed E-state index contributed by atoms with van der Waals surface area (Å²) in [6, 6.07) is 12.3. The van der Waals surface area contributed by atoms with Crippen LogP contribution in [0.3, 0.4) is 0 Å². The maximum atomic E-state index is 13.9. The van der Waals surface area contributed by atoms with Crippen molar-refractivity contribution in [1.29, 1.82) is 0 Å². The predicted octanol–water partition coefficient (Wildman–Crippen LogP) is 5.08. The highest BCUT2D eigenvalue weighted by Gasteiger charge is 2.42. The molecule has 2 aromatic heterocycles. The van der Waals surface area contributed by atoms with E-state index in [0.717, 1.165) is 5.69 Å². The van der Waals surface area contributed by atoms with E-state index in [4.69, 9.17) is 21.1 Å². The summed E-state index contributed by atoms with van der Waals surface area (Å²) in [5.74, 6) is 0.418. The van der Waals surface area contributed by atoms with Gasteiger partial charge in [0, 0.05) is 29.9 Å². The monoisotopic (exact) mass is 702 g/mol. The normalized spacial score (nSPS) is 15.7. The molecule has 264 valence electrons. The van der Waals surface area contributed by atoms with Crippen LogP contribution in [0.2, 0.25) is 5.02 Å². The van der Waals surface area contributed by atoms with Gasteiger partial charge >= 0.3 is 0 Å². The summed E-state index contributed by atoms with van der Waals surface area (Å²) >= 11 is 6.55. The molecule has 50 heavy (non-hydrogen) atoms. The first-order valence-corrected chi connectivity index (χ1v) is 16.8. The first-order valence-electron chi connectivity index (χ1n) is 16.4. The van der Waals surface area contributed by atoms with Crippen LogP contribution in [0.1, 0.15) is 46.2 Å². The summed E-state index contributed by atoms with van der Waals surface area (Å²) in [5, 5.41) is 13.1. The lowest BCUT2D eigenvalue weighted by molar-refractivity contribution is -0.143. The summed E-state index contributed by atoms with van der Waals surface area (Å²) in [5.41, 5.74) is 1.82. The van der Waals surface area contributed by atoms with E-state index in [1.807, 2.05) is 45.0 Å². The van der Waals surface area contributed by atoms with E-state index in [9.17, 15) is 14.4 Å². The van der Waals surface area contributed by atoms with Crippen LogP contribution in [0.4, 0.5) is 17.2 Å². The number of carbonyl (C=O) groups excluding carboxylic acids is 3. The fraction of sp³-hybridized carbons (Fsp3) is 0.389. The number of aromatic nitrogens is 3. The summed E-state index contributed by atoms with van der Waals surface area (Å²) in [4.78, 5) is 55.2. The molecule has 3 heterocycles. The third-order valence-corrected chi connectivity index (χ3v) is 8.87. The number of carbonyl (C=O) groups is 3. The highest BCUT2D eigenvalue weighted by Crippen LogP contribution is 2.35. The Bertz CT molecular complexity index is 1850. The van der Waals surface area contributed by atoms with Gasteiger partial charge in [0.2, 0.25) is 17.7 Å². The fourth-order valence-electron chi connectivity index (χ4n) is 5.65. The van der Waals surface area contributed by atoms with Gasteiger partial charge in [0.15, 0.2) is 0 Å². The van der Waals surface area contributed by atoms with E-state index in [2.05, 4.69) is 36.2 Å². The largest absolute Gasteiger partial charge is 0.494 e. The van der Waals surface area contributed by atoms with E-state index < -0.39 is 23.5 Å². The zero-order valence-electron chi connectivity index (χ0n) is 29.0. The quantitative estimate of drug-likeness (QED) is 0.157. The molecule has 4 N–H and O–H groups in total. The number of likely N-dealkylation sites (N-methyl/N-ethyl adjacent to an activating group) is 1. The number of likely N-dealkylation sites (tertiary alicyclic amines) is 1. The molecule has 1 aliphatic heterocycles. The molecule has 3 amide bonds. The Balaban J connectivity index is 1.35. The molecular weight excluding hydrogens is 660 g/mol. The Morgan fingerprint density at radius 1 is 1.06 bits per heavy atom. The van der Waals surface area contributed by atoms with Crippen molar-refractivity contribution in [2.75, 3.05) is 31.3 Å². The van der Waals surface area contributed by atoms with Crippen molar-refractivity contribution in [2.45, 2.75) is 65.3 Å². The SMILES string of the molecule is CNC(C)C(=O)NC(C(=O)N1CCCC1C(=O)Nc1cc2c(Nc3ccc(OCc4ccccn4)c(Cl)c3)ncnc2cc1OC)C(C)(C)C. The van der Waals surface area contributed by atoms with Crippen LogP contribution in [-0.4, -0.2) is 76.4 Å². The first kappa shape index (κ1) is 36.3. The number of nitrogens with zero attached hydrogens (tertiary/aromatic N) is 4. The van der Waals surface area contributed by atoms with E-state index in [1.54, 1.807) is 49.3 Å². The van der Waals surface area contributed by atoms with Crippen LogP contribution in [0.25, 0.3) is 10.9 Å². The Morgan fingerprint density at radius 2 is 1.86 bits per heavy atom. The number of anilines is 3. The fourth-order valence-corrected chi connectivity index (χ4v) is 5.88. The van der Waals surface area contributed by atoms with E-state index in [0.29, 0.717) is 64.0 Å². The van der Waals surface area contributed by atoms with Gasteiger partial charge in [0.25, 0.3) is 0 Å². The summed E-state index contributed by atoms with van der Waals surface area (Å²) in [6.07, 6.45) is 4.25. The van der Waals surface area contributed by atoms with Gasteiger partial charge in [0.1, 0.15) is 42.3 Å². The van der Waals surface area contributed by atoms with Crippen molar-refractivity contribution in [3.8, 4) is 11.5 Å². The van der Waals surface area contributed by atoms with Crippen molar-refractivity contribution in [2.24, 2.45) is 5.41 Å². The van der Waals surface area contributed by atoms with Gasteiger partial charge in [-0.3, -0.25) is 19.4 Å². The highest BCUT2D eigenvalue weighted by molar-refractivity contribution is 6.32. The third kappa shape index (κ3) is 8.40. The summed E-state index contributed by atoms with van der Waals surface area (Å²) in [7, 11) is 3.19. The molecule has 1 aliphatic rings. The van der Waals surface area contributed by atoms with Gasteiger partial charge in [0.05, 0.1) is 35.1 Å². The Kier molecular flexibility index (Phi) is 11.4. The van der Waals surface area contributed by atoms with Gasteiger partial charge in [-0.25, -0.2) is 9.97 Å². The summed E-state index contributed by atoms with van der Waals surface area (Å²) < 4.78 is 11.5. The zero-order valence-corrected chi connectivity index (χ0v) is 29.8. The van der Waals surface area contributed by atoms with Crippen molar-refractivity contribution in [1.82, 2.24) is 30.5 Å². The Labute approximate surface area is 296 Å². The minimum Gasteiger partial charge on any atom is -0.494 e. The number of hydrogen-bond donors (Lipinski definition) is 4. The standard InChI is InChI=1S/C36H43ClN8O5/c1-21(38-5)33(46)44-31(36(2,3)4)35(48)45-15-9-11-28(45)34(47)43-27-17-24-26(18-30(27)49-6)40-20-41-32(24)42-22-12-13-29(25(37)16-22)50-19-23-10-7-8-14-39-23/h7-8,10,12-14,16-18,20-21,28,31,38H,9,11,15,19H2,1-6H3,(H,43,47)(H,44,46)(H,40,41,42). The number of fused-ring (bicyclic) bond motifs is 1. The van der Waals surface area contributed by atoms with E-state index in [-0.39, 0.29) is 24.3 Å². The maximum Gasteiger partial charge on any atom is 0.247 e. The average Bonchev–Trinajstić information content (AvgIpc) is 3.60. The third-order valence-electron chi connectivity index (χ3n) is 8.58. The maximum absolute atomic E-state index is 13.9. The van der Waals surface area contributed by atoms with Crippen LogP contribution in [0, 0.1) is 5.41 Å². The molecule has 1 fully saturated rings. The number of halogens is 1. The van der Waals surface area contributed by atoms with Crippen LogP contribution >= 0.6 is 11.6 Å². The number of benzene rings is 2. The molecule has 2 aromatic carbocycles. The molecule has 3 atom stereocenters. The zero-order chi connectivity index (χ0) is 36.0. The molecule has 0 spiro atoms. The molecule has 4 aromatic rings. The average molecular weight is 703 g/mol. The lowest BCUT2D eigenvalue weighted by Crippen LogP contribution is -2.59. The predicted molar refractivity (Wildman–Crippen MR) is 193 cm³/mol. The van der Waals surface area contributed by atoms with Gasteiger partial charge in [-0.15, -0.1) is 0 Å². The second-order valence-electron chi connectivity index (χ2n) is 13.2. The van der Waals surface area contributed by atoms with Crippen molar-refractivity contribution >= 4 is 57.4 Å². The topological polar surface area (TPSA) is 160 Å². The number of nitrogens with one attached hydrogen (secondary N) is 4. The van der Waals surface area contributed by atoms with E-state index >= 15 is 0 Å². The Hall–Kier alpha value is -5.01. The second-order valence-corrected chi connectivity index (χ2v) is 13.6. The molecule has 0 bridgehead atoms. The van der Waals surface area contributed by atoms with Gasteiger partial charge in [-0.2, -0.15) is 0 Å².